The number of nitrogens with two attached hydrogens (primary N) is 1. The van der Waals surface area contributed by atoms with Crippen molar-refractivity contribution in [3.05, 3.63) is 18.5 Å². The van der Waals surface area contributed by atoms with Crippen LogP contribution in [0.15, 0.2) is 18.5 Å². The lowest BCUT2D eigenvalue weighted by atomic mass is 10.1. The Bertz CT molecular complexity index is 553. The van der Waals surface area contributed by atoms with Crippen molar-refractivity contribution in [1.29, 1.82) is 0 Å². The summed E-state index contributed by atoms with van der Waals surface area (Å²) in [6.07, 6.45) is 4.57. The molecule has 114 valence electrons. The van der Waals surface area contributed by atoms with Crippen molar-refractivity contribution in [3.8, 4) is 5.95 Å². The van der Waals surface area contributed by atoms with Gasteiger partial charge in [0.05, 0.1) is 0 Å². The van der Waals surface area contributed by atoms with Gasteiger partial charge in [-0.1, -0.05) is 20.3 Å². The number of anilines is 2. The molecular formula is C13H22N8. The first-order chi connectivity index (χ1) is 10.2. The molecule has 0 amide bonds. The molecule has 0 radical (unpaired) electrons. The molecule has 8 nitrogen and oxygen atoms in total. The molecule has 0 aromatic carbocycles. The molecule has 0 spiro atoms. The van der Waals surface area contributed by atoms with Crippen LogP contribution in [0.25, 0.3) is 5.95 Å². The molecule has 0 aliphatic heterocycles. The molecule has 1 unspecified atom stereocenters. The minimum Gasteiger partial charge on any atom is -0.341 e. The third-order valence-electron chi connectivity index (χ3n) is 3.34. The van der Waals surface area contributed by atoms with Crippen molar-refractivity contribution in [2.24, 2.45) is 11.8 Å². The van der Waals surface area contributed by atoms with Crippen molar-refractivity contribution in [1.82, 2.24) is 24.7 Å². The lowest BCUT2D eigenvalue weighted by Gasteiger charge is -2.24. The number of aromatic nitrogens is 5. The summed E-state index contributed by atoms with van der Waals surface area (Å²) in [6, 6.07) is 1.82. The van der Waals surface area contributed by atoms with E-state index >= 15 is 0 Å². The van der Waals surface area contributed by atoms with Crippen LogP contribution in [-0.2, 0) is 0 Å². The number of hydrazine groups is 1. The molecule has 2 rings (SSSR count). The van der Waals surface area contributed by atoms with E-state index in [-0.39, 0.29) is 0 Å². The Morgan fingerprint density at radius 1 is 1.33 bits per heavy atom. The van der Waals surface area contributed by atoms with Gasteiger partial charge in [0.25, 0.3) is 5.95 Å². The molecule has 0 saturated carbocycles. The van der Waals surface area contributed by atoms with Crippen LogP contribution in [0, 0.1) is 5.92 Å². The van der Waals surface area contributed by atoms with Gasteiger partial charge < -0.3 is 4.90 Å². The smallest absolute Gasteiger partial charge is 0.257 e. The van der Waals surface area contributed by atoms with Crippen LogP contribution in [0.3, 0.4) is 0 Å². The van der Waals surface area contributed by atoms with Crippen molar-refractivity contribution in [3.63, 3.8) is 0 Å². The molecule has 1 atom stereocenters. The minimum absolute atomic E-state index is 0.327. The normalized spacial score (nSPS) is 12.2. The Morgan fingerprint density at radius 3 is 2.71 bits per heavy atom. The molecule has 0 saturated heterocycles. The summed E-state index contributed by atoms with van der Waals surface area (Å²) in [5, 5.41) is 4.14. The first-order valence-electron chi connectivity index (χ1n) is 7.15. The van der Waals surface area contributed by atoms with E-state index in [0.717, 1.165) is 19.5 Å². The maximum atomic E-state index is 5.46. The number of hydrogen-bond donors (Lipinski definition) is 2. The average molecular weight is 290 g/mol. The van der Waals surface area contributed by atoms with Crippen molar-refractivity contribution < 1.29 is 0 Å². The number of rotatable bonds is 7. The van der Waals surface area contributed by atoms with E-state index in [0.29, 0.717) is 23.8 Å². The van der Waals surface area contributed by atoms with E-state index in [1.54, 1.807) is 17.1 Å². The van der Waals surface area contributed by atoms with Crippen LogP contribution in [0.5, 0.6) is 0 Å². The maximum Gasteiger partial charge on any atom is 0.257 e. The van der Waals surface area contributed by atoms with Crippen molar-refractivity contribution >= 4 is 11.9 Å². The van der Waals surface area contributed by atoms with Crippen LogP contribution in [-0.4, -0.2) is 37.8 Å². The Labute approximate surface area is 124 Å². The molecule has 3 N–H and O–H groups in total. The predicted octanol–water partition coefficient (Wildman–Crippen LogP) is 1.22. The molecule has 2 heterocycles. The summed E-state index contributed by atoms with van der Waals surface area (Å²) >= 11 is 0. The van der Waals surface area contributed by atoms with E-state index in [1.165, 1.54) is 0 Å². The fourth-order valence-electron chi connectivity index (χ4n) is 1.91. The van der Waals surface area contributed by atoms with Gasteiger partial charge in [-0.2, -0.15) is 20.1 Å². The molecule has 2 aromatic rings. The number of nitrogen functional groups attached to an aromatic ring is 1. The fraction of sp³-hybridized carbons (Fsp3) is 0.538. The first-order valence-corrected chi connectivity index (χ1v) is 7.15. The van der Waals surface area contributed by atoms with Crippen LogP contribution in [0.4, 0.5) is 11.9 Å². The fourth-order valence-corrected chi connectivity index (χ4v) is 1.91. The number of nitrogens with one attached hydrogen (secondary N) is 1. The van der Waals surface area contributed by atoms with E-state index in [2.05, 4.69) is 51.1 Å². The van der Waals surface area contributed by atoms with E-state index in [1.807, 2.05) is 6.07 Å². The third-order valence-corrected chi connectivity index (χ3v) is 3.34. The van der Waals surface area contributed by atoms with Gasteiger partial charge in [0.1, 0.15) is 0 Å². The van der Waals surface area contributed by atoms with Gasteiger partial charge in [-0.05, 0) is 18.9 Å². The molecule has 21 heavy (non-hydrogen) atoms. The van der Waals surface area contributed by atoms with Gasteiger partial charge in [0, 0.05) is 25.5 Å². The average Bonchev–Trinajstić information content (AvgIpc) is 3.06. The molecule has 0 aliphatic carbocycles. The molecule has 8 heteroatoms. The van der Waals surface area contributed by atoms with E-state index in [4.69, 9.17) is 5.84 Å². The van der Waals surface area contributed by atoms with Crippen LogP contribution in [0.2, 0.25) is 0 Å². The maximum absolute atomic E-state index is 5.46. The zero-order valence-electron chi connectivity index (χ0n) is 12.7. The lowest BCUT2D eigenvalue weighted by Crippen LogP contribution is -2.31. The van der Waals surface area contributed by atoms with Crippen molar-refractivity contribution in [2.45, 2.75) is 27.2 Å². The Morgan fingerprint density at radius 2 is 2.14 bits per heavy atom. The van der Waals surface area contributed by atoms with Gasteiger partial charge >= 0.3 is 0 Å². The van der Waals surface area contributed by atoms with Crippen LogP contribution in [0.1, 0.15) is 27.2 Å². The molecule has 0 fully saturated rings. The van der Waals surface area contributed by atoms with Crippen LogP contribution < -0.4 is 16.2 Å². The standard InChI is InChI=1S/C13H22N8/c1-4-10(3)9-20(5-2)12-16-11(19-14)17-13(18-12)21-8-6-7-15-21/h6-8,10H,4-5,9,14H2,1-3H3,(H,16,17,18,19). The quantitative estimate of drug-likeness (QED) is 0.584. The molecule has 2 aromatic heterocycles. The number of nitrogens with zero attached hydrogens (tertiary/aromatic N) is 6. The van der Waals surface area contributed by atoms with Gasteiger partial charge in [-0.25, -0.2) is 10.5 Å². The van der Waals surface area contributed by atoms with Crippen molar-refractivity contribution in [2.75, 3.05) is 23.4 Å². The minimum atomic E-state index is 0.327. The highest BCUT2D eigenvalue weighted by Crippen LogP contribution is 2.15. The molecule has 0 aliphatic rings. The summed E-state index contributed by atoms with van der Waals surface area (Å²) in [5.41, 5.74) is 2.49. The lowest BCUT2D eigenvalue weighted by molar-refractivity contribution is 0.541. The summed E-state index contributed by atoms with van der Waals surface area (Å²) in [4.78, 5) is 15.2. The van der Waals surface area contributed by atoms with E-state index in [9.17, 15) is 0 Å². The molecule has 0 bridgehead atoms. The SMILES string of the molecule is CCC(C)CN(CC)c1nc(NN)nc(-n2cccn2)n1. The second-order valence-electron chi connectivity index (χ2n) is 4.91. The zero-order valence-corrected chi connectivity index (χ0v) is 12.7. The van der Waals surface area contributed by atoms with Gasteiger partial charge in [0.15, 0.2) is 0 Å². The number of hydrogen-bond acceptors (Lipinski definition) is 7. The topological polar surface area (TPSA) is 97.8 Å². The third kappa shape index (κ3) is 3.66. The Kier molecular flexibility index (Phi) is 5.04. The van der Waals surface area contributed by atoms with Gasteiger partial charge in [-0.15, -0.1) is 0 Å². The largest absolute Gasteiger partial charge is 0.341 e. The highest BCUT2D eigenvalue weighted by atomic mass is 15.4. The van der Waals surface area contributed by atoms with Crippen LogP contribution >= 0.6 is 0 Å². The summed E-state index contributed by atoms with van der Waals surface area (Å²) in [5.74, 6) is 7.39. The summed E-state index contributed by atoms with van der Waals surface area (Å²) in [6.45, 7) is 8.17. The Balaban J connectivity index is 2.35. The van der Waals surface area contributed by atoms with Gasteiger partial charge in [-0.3, -0.25) is 5.43 Å². The summed E-state index contributed by atoms with van der Waals surface area (Å²) in [7, 11) is 0. The van der Waals surface area contributed by atoms with Gasteiger partial charge in [0.2, 0.25) is 11.9 Å². The monoisotopic (exact) mass is 290 g/mol. The first kappa shape index (κ1) is 15.2. The second-order valence-corrected chi connectivity index (χ2v) is 4.91. The highest BCUT2D eigenvalue weighted by molar-refractivity contribution is 5.39. The highest BCUT2D eigenvalue weighted by Gasteiger charge is 2.15. The predicted molar refractivity (Wildman–Crippen MR) is 82.1 cm³/mol. The zero-order chi connectivity index (χ0) is 15.2. The summed E-state index contributed by atoms with van der Waals surface area (Å²) < 4.78 is 1.59. The second kappa shape index (κ2) is 6.98. The van der Waals surface area contributed by atoms with E-state index < -0.39 is 0 Å². The Hall–Kier alpha value is -2.22. The molecular weight excluding hydrogens is 268 g/mol.